The van der Waals surface area contributed by atoms with Gasteiger partial charge in [0, 0.05) is 11.1 Å². The molecule has 0 aliphatic carbocycles. The molecule has 6 aromatic rings. The van der Waals surface area contributed by atoms with Crippen LogP contribution in [0.1, 0.15) is 0 Å². The summed E-state index contributed by atoms with van der Waals surface area (Å²) in [7, 11) is -19.9. The highest BCUT2D eigenvalue weighted by Gasteiger charge is 2.26. The van der Waals surface area contributed by atoms with Gasteiger partial charge in [0.25, 0.3) is 40.5 Å². The monoisotopic (exact) mass is 837 g/mol. The van der Waals surface area contributed by atoms with Crippen molar-refractivity contribution in [2.24, 2.45) is 15.2 Å². The number of nitrogens with one attached hydrogen (secondary N) is 2. The highest BCUT2D eigenvalue weighted by atomic mass is 35.5. The van der Waals surface area contributed by atoms with Crippen LogP contribution < -0.4 is 10.9 Å². The average Bonchev–Trinajstić information content (AvgIpc) is 3.05. The Kier molecular flexibility index (Phi) is 9.76. The summed E-state index contributed by atoms with van der Waals surface area (Å²) in [4.78, 5) is 11.5. The van der Waals surface area contributed by atoms with E-state index in [9.17, 15) is 57.0 Å². The number of nitrogens with zero attached hydrogens (tertiary/aromatic N) is 5. The summed E-state index contributed by atoms with van der Waals surface area (Å²) in [5.74, 6) is -1.37. The maximum Gasteiger partial charge on any atom is 0.297 e. The smallest absolute Gasteiger partial charge is 0.297 e. The van der Waals surface area contributed by atoms with Crippen LogP contribution in [-0.4, -0.2) is 71.9 Å². The van der Waals surface area contributed by atoms with Crippen molar-refractivity contribution in [3.05, 3.63) is 89.8 Å². The van der Waals surface area contributed by atoms with Crippen molar-refractivity contribution in [1.29, 1.82) is 0 Å². The molecule has 0 unspecified atom stereocenters. The van der Waals surface area contributed by atoms with Gasteiger partial charge in [-0.25, -0.2) is 4.99 Å². The third-order valence-electron chi connectivity index (χ3n) is 7.32. The van der Waals surface area contributed by atoms with Crippen LogP contribution in [0.3, 0.4) is 0 Å². The quantitative estimate of drug-likeness (QED) is 0.0756. The SMILES string of the molecule is O=S(=O)(O)c1ccc(Nc2nc(Cl)[nH]c(=Nc3cc(S(=O)(=O)O)cc4cc(S(=O)(=O)O)c(N=Nc5ccc6ccccc6c5S(=O)(=O)O)c(O)c34)n2)cc1. The summed E-state index contributed by atoms with van der Waals surface area (Å²) in [6.07, 6.45) is 0. The molecule has 0 saturated carbocycles. The molecule has 0 amide bonds. The lowest BCUT2D eigenvalue weighted by Gasteiger charge is -2.12. The number of phenolic OH excluding ortho intramolecular Hbond substituents is 1. The van der Waals surface area contributed by atoms with Gasteiger partial charge in [0.05, 0.1) is 20.9 Å². The molecule has 0 aliphatic rings. The molecule has 54 heavy (non-hydrogen) atoms. The molecule has 0 aliphatic heterocycles. The molecular formula is C29H20ClN7O13S4. The molecule has 0 radical (unpaired) electrons. The number of aromatic hydroxyl groups is 1. The minimum atomic E-state index is -5.32. The van der Waals surface area contributed by atoms with E-state index in [2.05, 4.69) is 35.5 Å². The predicted octanol–water partition coefficient (Wildman–Crippen LogP) is 4.85. The van der Waals surface area contributed by atoms with Crippen molar-refractivity contribution in [1.82, 2.24) is 15.0 Å². The van der Waals surface area contributed by atoms with Crippen LogP contribution in [0.2, 0.25) is 5.28 Å². The zero-order valence-corrected chi connectivity index (χ0v) is 30.3. The highest BCUT2D eigenvalue weighted by Crippen LogP contribution is 2.46. The van der Waals surface area contributed by atoms with Crippen LogP contribution in [0.4, 0.5) is 28.7 Å². The number of aromatic amines is 1. The van der Waals surface area contributed by atoms with E-state index in [0.29, 0.717) is 11.5 Å². The van der Waals surface area contributed by atoms with Crippen molar-refractivity contribution in [2.45, 2.75) is 19.6 Å². The van der Waals surface area contributed by atoms with Crippen LogP contribution in [0.15, 0.2) is 114 Å². The van der Waals surface area contributed by atoms with E-state index in [1.807, 2.05) is 0 Å². The van der Waals surface area contributed by atoms with Gasteiger partial charge in [-0.2, -0.15) is 43.6 Å². The van der Waals surface area contributed by atoms with Gasteiger partial charge in [-0.05, 0) is 70.9 Å². The molecule has 5 aromatic carbocycles. The molecule has 6 rings (SSSR count). The van der Waals surface area contributed by atoms with Gasteiger partial charge in [-0.3, -0.25) is 23.2 Å². The van der Waals surface area contributed by atoms with Crippen LogP contribution >= 0.6 is 11.6 Å². The van der Waals surface area contributed by atoms with E-state index in [-0.39, 0.29) is 22.3 Å². The molecule has 0 bridgehead atoms. The number of benzene rings is 5. The molecule has 280 valence electrons. The van der Waals surface area contributed by atoms with E-state index in [4.69, 9.17) is 11.6 Å². The zero-order valence-electron chi connectivity index (χ0n) is 26.3. The van der Waals surface area contributed by atoms with Crippen LogP contribution in [0, 0.1) is 0 Å². The second kappa shape index (κ2) is 13.8. The maximum atomic E-state index is 12.5. The Labute approximate surface area is 308 Å². The molecule has 0 saturated heterocycles. The molecular weight excluding hydrogens is 818 g/mol. The summed E-state index contributed by atoms with van der Waals surface area (Å²) < 4.78 is 136. The zero-order chi connectivity index (χ0) is 39.4. The molecule has 0 fully saturated rings. The largest absolute Gasteiger partial charge is 0.505 e. The Morgan fingerprint density at radius 2 is 1.33 bits per heavy atom. The number of halogens is 1. The topological polar surface area (TPSA) is 328 Å². The van der Waals surface area contributed by atoms with Gasteiger partial charge in [0.1, 0.15) is 21.2 Å². The molecule has 25 heteroatoms. The third kappa shape index (κ3) is 8.05. The highest BCUT2D eigenvalue weighted by molar-refractivity contribution is 7.86. The number of azo groups is 1. The van der Waals surface area contributed by atoms with Gasteiger partial charge in [-0.1, -0.05) is 30.3 Å². The Hall–Kier alpha value is -5.44. The summed E-state index contributed by atoms with van der Waals surface area (Å²) >= 11 is 6.11. The van der Waals surface area contributed by atoms with Crippen molar-refractivity contribution in [3.8, 4) is 5.75 Å². The Morgan fingerprint density at radius 1 is 0.667 bits per heavy atom. The second-order valence-corrected chi connectivity index (χ2v) is 16.8. The minimum absolute atomic E-state index is 0.0109. The second-order valence-electron chi connectivity index (χ2n) is 10.9. The minimum Gasteiger partial charge on any atom is -0.505 e. The number of fused-ring (bicyclic) bond motifs is 2. The first-order valence-corrected chi connectivity index (χ1v) is 20.5. The molecule has 1 aromatic heterocycles. The lowest BCUT2D eigenvalue weighted by molar-refractivity contribution is 0.472. The fourth-order valence-electron chi connectivity index (χ4n) is 5.08. The van der Waals surface area contributed by atoms with E-state index < -0.39 is 99.3 Å². The number of hydrogen-bond donors (Lipinski definition) is 7. The summed E-state index contributed by atoms with van der Waals surface area (Å²) in [5, 5.41) is 20.8. The molecule has 0 spiro atoms. The number of H-pyrrole nitrogens is 1. The summed E-state index contributed by atoms with van der Waals surface area (Å²) in [5.41, 5.74) is -2.29. The maximum absolute atomic E-state index is 12.5. The first-order valence-electron chi connectivity index (χ1n) is 14.3. The van der Waals surface area contributed by atoms with E-state index >= 15 is 0 Å². The van der Waals surface area contributed by atoms with Gasteiger partial charge in [0.15, 0.2) is 5.75 Å². The van der Waals surface area contributed by atoms with E-state index in [1.165, 1.54) is 36.4 Å². The number of hydrogen-bond acceptors (Lipinski definition) is 15. The normalized spacial score (nSPS) is 13.2. The van der Waals surface area contributed by atoms with Crippen molar-refractivity contribution < 1.29 is 57.0 Å². The van der Waals surface area contributed by atoms with E-state index in [0.717, 1.165) is 30.3 Å². The summed E-state index contributed by atoms with van der Waals surface area (Å²) in [6, 6.07) is 15.3. The lowest BCUT2D eigenvalue weighted by atomic mass is 10.1. The van der Waals surface area contributed by atoms with Crippen LogP contribution in [0.25, 0.3) is 21.5 Å². The molecule has 1 heterocycles. The molecule has 20 nitrogen and oxygen atoms in total. The number of aromatic nitrogens is 3. The third-order valence-corrected chi connectivity index (χ3v) is 11.0. The Morgan fingerprint density at radius 3 is 1.96 bits per heavy atom. The Bertz CT molecular complexity index is 3100. The first-order chi connectivity index (χ1) is 25.1. The summed E-state index contributed by atoms with van der Waals surface area (Å²) in [6.45, 7) is 0. The standard InChI is InChI=1S/C29H20ClN7O13S4/c30-27-33-28(31-16-6-8-17(9-7-16)51(39,40)41)35-29(34-27)32-21-13-18(52(42,43)44)11-15-12-22(53(45,46)47)24(25(38)23(15)21)37-36-20-10-5-14-3-1-2-4-19(14)26(20)54(48,49)50/h1-13,38H,(H,39,40,41)(H,42,43,44)(H,45,46,47)(H,48,49,50)(H2,31,32,33,34,35). The van der Waals surface area contributed by atoms with E-state index in [1.54, 1.807) is 6.07 Å². The van der Waals surface area contributed by atoms with Gasteiger partial charge >= 0.3 is 0 Å². The Balaban J connectivity index is 1.58. The van der Waals surface area contributed by atoms with Crippen molar-refractivity contribution in [3.63, 3.8) is 0 Å². The van der Waals surface area contributed by atoms with Gasteiger partial charge < -0.3 is 10.4 Å². The fraction of sp³-hybridized carbons (Fsp3) is 0. The predicted molar refractivity (Wildman–Crippen MR) is 189 cm³/mol. The van der Waals surface area contributed by atoms with Crippen molar-refractivity contribution >= 4 is 102 Å². The number of anilines is 2. The fourth-order valence-corrected chi connectivity index (χ4v) is 7.76. The molecule has 7 N–H and O–H groups in total. The lowest BCUT2D eigenvalue weighted by Crippen LogP contribution is -2.16. The van der Waals surface area contributed by atoms with Crippen LogP contribution in [0.5, 0.6) is 5.75 Å². The molecule has 0 atom stereocenters. The first kappa shape index (κ1) is 38.3. The number of phenols is 1. The van der Waals surface area contributed by atoms with Gasteiger partial charge in [0.2, 0.25) is 16.9 Å². The van der Waals surface area contributed by atoms with Crippen molar-refractivity contribution in [2.75, 3.05) is 5.32 Å². The number of rotatable bonds is 9. The van der Waals surface area contributed by atoms with Gasteiger partial charge in [-0.15, -0.1) is 10.2 Å². The van der Waals surface area contributed by atoms with Crippen LogP contribution in [-0.2, 0) is 40.5 Å². The average molecular weight is 838 g/mol.